The molecule has 7 nitrogen and oxygen atoms in total. The topological polar surface area (TPSA) is 101 Å². The zero-order valence-corrected chi connectivity index (χ0v) is 20.8. The Morgan fingerprint density at radius 2 is 1.69 bits per heavy atom. The van der Waals surface area contributed by atoms with Crippen molar-refractivity contribution in [2.24, 2.45) is 0 Å². The van der Waals surface area contributed by atoms with Crippen molar-refractivity contribution < 1.29 is 36.9 Å². The van der Waals surface area contributed by atoms with Gasteiger partial charge in [-0.15, -0.1) is 0 Å². The van der Waals surface area contributed by atoms with Crippen molar-refractivity contribution in [1.82, 2.24) is 5.16 Å². The minimum Gasteiger partial charge on any atom is -1.00 e. The lowest BCUT2D eigenvalue weighted by Gasteiger charge is -2.14. The number of hydrogen-bond donors (Lipinski definition) is 2. The Bertz CT molecular complexity index is 1320. The van der Waals surface area contributed by atoms with Crippen LogP contribution >= 0.6 is 0 Å². The van der Waals surface area contributed by atoms with Gasteiger partial charge in [0.15, 0.2) is 11.8 Å². The van der Waals surface area contributed by atoms with E-state index >= 15 is 0 Å². The third-order valence-corrected chi connectivity index (χ3v) is 5.96. The second kappa shape index (κ2) is 11.1. The SMILES string of the molecule is COc1ccc(-c2cnoc2-c2cc(C)c(C)c(OC)c2)cc1NC(=O)C([NH3+])c1ccccc1.[Cl-]. The van der Waals surface area contributed by atoms with E-state index < -0.39 is 6.04 Å². The molecule has 3 aromatic carbocycles. The summed E-state index contributed by atoms with van der Waals surface area (Å²) in [6.07, 6.45) is 1.67. The molecule has 1 aromatic heterocycles. The standard InChI is InChI=1S/C27H27N3O4.ClH/c1-16-12-20(14-24(33-4)17(16)2)26-21(15-29-34-26)19-10-11-23(32-3)22(13-19)30-27(31)25(28)18-8-6-5-7-9-18;/h5-15,25H,28H2,1-4H3,(H,30,31);1H. The summed E-state index contributed by atoms with van der Waals surface area (Å²) in [6, 6.07) is 18.4. The molecule has 4 rings (SSSR count). The van der Waals surface area contributed by atoms with E-state index in [0.717, 1.165) is 39.1 Å². The number of amides is 1. The van der Waals surface area contributed by atoms with Crippen LogP contribution < -0.4 is 32.9 Å². The number of hydrogen-bond acceptors (Lipinski definition) is 5. The summed E-state index contributed by atoms with van der Waals surface area (Å²) in [5, 5.41) is 7.00. The summed E-state index contributed by atoms with van der Waals surface area (Å²) in [5.41, 5.74) is 10.0. The highest BCUT2D eigenvalue weighted by molar-refractivity contribution is 5.96. The predicted octanol–water partition coefficient (Wildman–Crippen LogP) is 1.57. The third kappa shape index (κ3) is 5.31. The van der Waals surface area contributed by atoms with Gasteiger partial charge in [0.05, 0.1) is 26.1 Å². The molecule has 0 bridgehead atoms. The lowest BCUT2D eigenvalue weighted by atomic mass is 9.98. The zero-order chi connectivity index (χ0) is 24.2. The van der Waals surface area contributed by atoms with Crippen molar-refractivity contribution in [3.05, 3.63) is 83.6 Å². The normalized spacial score (nSPS) is 11.3. The first-order valence-corrected chi connectivity index (χ1v) is 10.9. The van der Waals surface area contributed by atoms with Crippen molar-refractivity contribution in [3.63, 3.8) is 0 Å². The summed E-state index contributed by atoms with van der Waals surface area (Å²) in [5.74, 6) is 1.71. The fraction of sp³-hybridized carbons (Fsp3) is 0.185. The minimum absolute atomic E-state index is 0. The van der Waals surface area contributed by atoms with Gasteiger partial charge < -0.3 is 37.5 Å². The lowest BCUT2D eigenvalue weighted by Crippen LogP contribution is -3.00. The van der Waals surface area contributed by atoms with Gasteiger partial charge in [-0.3, -0.25) is 4.79 Å². The Kier molecular flexibility index (Phi) is 8.17. The largest absolute Gasteiger partial charge is 1.00 e. The second-order valence-electron chi connectivity index (χ2n) is 8.06. The van der Waals surface area contributed by atoms with E-state index in [0.29, 0.717) is 17.2 Å². The van der Waals surface area contributed by atoms with E-state index in [9.17, 15) is 4.79 Å². The van der Waals surface area contributed by atoms with Crippen LogP contribution in [0.1, 0.15) is 22.7 Å². The van der Waals surface area contributed by atoms with Gasteiger partial charge in [-0.25, -0.2) is 0 Å². The number of benzene rings is 3. The number of quaternary nitrogens is 1. The Balaban J connectivity index is 0.00000342. The fourth-order valence-corrected chi connectivity index (χ4v) is 3.85. The zero-order valence-electron chi connectivity index (χ0n) is 20.1. The summed E-state index contributed by atoms with van der Waals surface area (Å²) >= 11 is 0. The van der Waals surface area contributed by atoms with Gasteiger partial charge in [-0.05, 0) is 54.8 Å². The monoisotopic (exact) mass is 493 g/mol. The highest BCUT2D eigenvalue weighted by Gasteiger charge is 2.22. The maximum atomic E-state index is 12.9. The molecule has 182 valence electrons. The van der Waals surface area contributed by atoms with Crippen LogP contribution in [-0.4, -0.2) is 25.3 Å². The number of ether oxygens (including phenoxy) is 2. The highest BCUT2D eigenvalue weighted by atomic mass is 35.5. The number of aryl methyl sites for hydroxylation is 1. The number of rotatable bonds is 7. The molecule has 0 saturated carbocycles. The summed E-state index contributed by atoms with van der Waals surface area (Å²) in [4.78, 5) is 12.9. The average Bonchev–Trinajstić information content (AvgIpc) is 3.35. The Morgan fingerprint density at radius 1 is 0.971 bits per heavy atom. The van der Waals surface area contributed by atoms with E-state index in [1.807, 2.05) is 74.5 Å². The Morgan fingerprint density at radius 3 is 2.37 bits per heavy atom. The van der Waals surface area contributed by atoms with Crippen LogP contribution in [0.5, 0.6) is 11.5 Å². The molecule has 1 unspecified atom stereocenters. The molecule has 0 spiro atoms. The van der Waals surface area contributed by atoms with Crippen molar-refractivity contribution in [3.8, 4) is 33.9 Å². The molecule has 1 atom stereocenters. The number of carbonyl (C=O) groups is 1. The first-order valence-electron chi connectivity index (χ1n) is 10.9. The van der Waals surface area contributed by atoms with E-state index in [1.165, 1.54) is 0 Å². The Labute approximate surface area is 210 Å². The van der Waals surface area contributed by atoms with Crippen molar-refractivity contribution in [2.75, 3.05) is 19.5 Å². The molecule has 0 aliphatic rings. The quantitative estimate of drug-likeness (QED) is 0.407. The molecule has 4 aromatic rings. The lowest BCUT2D eigenvalue weighted by molar-refractivity contribution is -0.408. The number of methoxy groups -OCH3 is 2. The summed E-state index contributed by atoms with van der Waals surface area (Å²) < 4.78 is 16.7. The molecule has 1 heterocycles. The van der Waals surface area contributed by atoms with Crippen LogP contribution in [0.4, 0.5) is 5.69 Å². The van der Waals surface area contributed by atoms with Crippen LogP contribution in [-0.2, 0) is 4.79 Å². The van der Waals surface area contributed by atoms with Crippen molar-refractivity contribution in [1.29, 1.82) is 0 Å². The molecule has 0 saturated heterocycles. The fourth-order valence-electron chi connectivity index (χ4n) is 3.85. The maximum Gasteiger partial charge on any atom is 0.287 e. The van der Waals surface area contributed by atoms with Crippen LogP contribution in [0, 0.1) is 13.8 Å². The molecular weight excluding hydrogens is 466 g/mol. The number of nitrogens with zero attached hydrogens (tertiary/aromatic N) is 1. The van der Waals surface area contributed by atoms with Crippen LogP contribution in [0.2, 0.25) is 0 Å². The Hall–Kier alpha value is -3.81. The van der Waals surface area contributed by atoms with Gasteiger partial charge in [0.2, 0.25) is 0 Å². The number of nitrogens with one attached hydrogen (secondary N) is 1. The van der Waals surface area contributed by atoms with Gasteiger partial charge in [0, 0.05) is 16.7 Å². The van der Waals surface area contributed by atoms with Crippen LogP contribution in [0.25, 0.3) is 22.5 Å². The molecule has 4 N–H and O–H groups in total. The minimum atomic E-state index is -0.566. The molecule has 35 heavy (non-hydrogen) atoms. The van der Waals surface area contributed by atoms with Gasteiger partial charge in [0.1, 0.15) is 11.5 Å². The van der Waals surface area contributed by atoms with Gasteiger partial charge in [-0.1, -0.05) is 41.6 Å². The van der Waals surface area contributed by atoms with E-state index in [1.54, 1.807) is 20.4 Å². The predicted molar refractivity (Wildman–Crippen MR) is 131 cm³/mol. The average molecular weight is 494 g/mol. The van der Waals surface area contributed by atoms with Crippen LogP contribution in [0.15, 0.2) is 71.4 Å². The van der Waals surface area contributed by atoms with Crippen LogP contribution in [0.3, 0.4) is 0 Å². The van der Waals surface area contributed by atoms with Gasteiger partial charge >= 0.3 is 0 Å². The smallest absolute Gasteiger partial charge is 0.287 e. The van der Waals surface area contributed by atoms with E-state index in [2.05, 4.69) is 16.2 Å². The van der Waals surface area contributed by atoms with Crippen molar-refractivity contribution >= 4 is 11.6 Å². The highest BCUT2D eigenvalue weighted by Crippen LogP contribution is 2.38. The number of aromatic nitrogens is 1. The molecule has 1 amide bonds. The first-order chi connectivity index (χ1) is 16.4. The maximum absolute atomic E-state index is 12.9. The van der Waals surface area contributed by atoms with Crippen molar-refractivity contribution in [2.45, 2.75) is 19.9 Å². The van der Waals surface area contributed by atoms with Gasteiger partial charge in [0.25, 0.3) is 5.91 Å². The summed E-state index contributed by atoms with van der Waals surface area (Å²) in [6.45, 7) is 4.04. The molecule has 0 aliphatic carbocycles. The third-order valence-electron chi connectivity index (χ3n) is 5.96. The second-order valence-corrected chi connectivity index (χ2v) is 8.06. The molecule has 8 heteroatoms. The summed E-state index contributed by atoms with van der Waals surface area (Å²) in [7, 11) is 3.21. The van der Waals surface area contributed by atoms with E-state index in [-0.39, 0.29) is 18.3 Å². The first kappa shape index (κ1) is 25.8. The van der Waals surface area contributed by atoms with E-state index in [4.69, 9.17) is 14.0 Å². The number of carbonyl (C=O) groups excluding carboxylic acids is 1. The van der Waals surface area contributed by atoms with Gasteiger partial charge in [-0.2, -0.15) is 0 Å². The number of halogens is 1. The molecule has 0 radical (unpaired) electrons. The molecule has 0 aliphatic heterocycles. The number of anilines is 1. The molecule has 0 fully saturated rings. The molecular formula is C27H28ClN3O4.